The van der Waals surface area contributed by atoms with E-state index in [4.69, 9.17) is 0 Å². The van der Waals surface area contributed by atoms with Crippen LogP contribution in [0.15, 0.2) is 35.3 Å². The average Bonchev–Trinajstić information content (AvgIpc) is 2.76. The molecule has 170 valence electrons. The third-order valence-corrected chi connectivity index (χ3v) is 7.01. The fourth-order valence-electron chi connectivity index (χ4n) is 4.77. The Hall–Kier alpha value is -0.860. The number of guanidine groups is 1. The molecule has 2 saturated heterocycles. The molecule has 5 nitrogen and oxygen atoms in total. The van der Waals surface area contributed by atoms with E-state index >= 15 is 0 Å². The molecule has 1 aromatic carbocycles. The Kier molecular flexibility index (Phi) is 9.88. The van der Waals surface area contributed by atoms with E-state index in [1.54, 1.807) is 0 Å². The summed E-state index contributed by atoms with van der Waals surface area (Å²) in [6, 6.07) is 10.7. The molecule has 30 heavy (non-hydrogen) atoms. The van der Waals surface area contributed by atoms with E-state index in [9.17, 15) is 0 Å². The SMILES string of the molecule is CN=C(NCC(C)(C)c1ccccc1)NCC1(N2CCCCC2)CCN(C)CC1.I. The highest BCUT2D eigenvalue weighted by atomic mass is 127. The Morgan fingerprint density at radius 3 is 2.23 bits per heavy atom. The van der Waals surface area contributed by atoms with Crippen LogP contribution in [0.1, 0.15) is 51.5 Å². The topological polar surface area (TPSA) is 42.9 Å². The Bertz CT molecular complexity index is 647. The molecule has 0 aliphatic carbocycles. The molecule has 0 unspecified atom stereocenters. The van der Waals surface area contributed by atoms with Gasteiger partial charge in [-0.3, -0.25) is 9.89 Å². The lowest BCUT2D eigenvalue weighted by Crippen LogP contribution is -2.62. The van der Waals surface area contributed by atoms with Gasteiger partial charge in [-0.2, -0.15) is 0 Å². The van der Waals surface area contributed by atoms with Crippen molar-refractivity contribution in [1.29, 1.82) is 0 Å². The molecule has 0 radical (unpaired) electrons. The zero-order valence-corrected chi connectivity index (χ0v) is 21.7. The van der Waals surface area contributed by atoms with Crippen molar-refractivity contribution in [2.24, 2.45) is 4.99 Å². The fourth-order valence-corrected chi connectivity index (χ4v) is 4.77. The maximum atomic E-state index is 4.53. The van der Waals surface area contributed by atoms with Gasteiger partial charge >= 0.3 is 0 Å². The van der Waals surface area contributed by atoms with Crippen LogP contribution in [-0.2, 0) is 5.41 Å². The van der Waals surface area contributed by atoms with Crippen LogP contribution in [0.2, 0.25) is 0 Å². The van der Waals surface area contributed by atoms with Gasteiger partial charge in [-0.05, 0) is 64.5 Å². The van der Waals surface area contributed by atoms with Gasteiger partial charge in [0.05, 0.1) is 0 Å². The average molecular weight is 528 g/mol. The molecule has 3 rings (SSSR count). The number of nitrogens with one attached hydrogen (secondary N) is 2. The first-order valence-corrected chi connectivity index (χ1v) is 11.4. The highest BCUT2D eigenvalue weighted by Gasteiger charge is 2.39. The largest absolute Gasteiger partial charge is 0.356 e. The second kappa shape index (κ2) is 11.7. The van der Waals surface area contributed by atoms with E-state index in [-0.39, 0.29) is 34.9 Å². The maximum absolute atomic E-state index is 4.53. The summed E-state index contributed by atoms with van der Waals surface area (Å²) < 4.78 is 0. The normalized spacial score (nSPS) is 21.0. The first-order chi connectivity index (χ1) is 14.0. The summed E-state index contributed by atoms with van der Waals surface area (Å²) >= 11 is 0. The second-order valence-corrected chi connectivity index (χ2v) is 9.60. The number of benzene rings is 1. The lowest BCUT2D eigenvalue weighted by molar-refractivity contribution is 0.0173. The first kappa shape index (κ1) is 25.4. The van der Waals surface area contributed by atoms with E-state index in [1.165, 1.54) is 63.8 Å². The Morgan fingerprint density at radius 1 is 1.00 bits per heavy atom. The van der Waals surface area contributed by atoms with E-state index in [1.807, 2.05) is 7.05 Å². The number of aliphatic imine (C=N–C) groups is 1. The third-order valence-electron chi connectivity index (χ3n) is 7.01. The summed E-state index contributed by atoms with van der Waals surface area (Å²) in [7, 11) is 4.13. The van der Waals surface area contributed by atoms with Gasteiger partial charge in [0.25, 0.3) is 0 Å². The Morgan fingerprint density at radius 2 is 1.63 bits per heavy atom. The monoisotopic (exact) mass is 527 g/mol. The second-order valence-electron chi connectivity index (χ2n) is 9.60. The van der Waals surface area contributed by atoms with Gasteiger partial charge in [0.1, 0.15) is 0 Å². The molecule has 2 N–H and O–H groups in total. The van der Waals surface area contributed by atoms with Crippen LogP contribution in [0.25, 0.3) is 0 Å². The lowest BCUT2D eigenvalue weighted by Gasteiger charge is -2.50. The summed E-state index contributed by atoms with van der Waals surface area (Å²) in [6.07, 6.45) is 6.55. The van der Waals surface area contributed by atoms with E-state index in [2.05, 4.69) is 76.7 Å². The molecule has 2 aliphatic rings. The van der Waals surface area contributed by atoms with Crippen LogP contribution in [0.3, 0.4) is 0 Å². The molecule has 0 amide bonds. The van der Waals surface area contributed by atoms with E-state index in [0.29, 0.717) is 0 Å². The highest BCUT2D eigenvalue weighted by Crippen LogP contribution is 2.31. The van der Waals surface area contributed by atoms with Gasteiger partial charge < -0.3 is 15.5 Å². The van der Waals surface area contributed by atoms with Crippen LogP contribution >= 0.6 is 24.0 Å². The number of piperidine rings is 2. The van der Waals surface area contributed by atoms with Crippen molar-refractivity contribution >= 4 is 29.9 Å². The summed E-state index contributed by atoms with van der Waals surface area (Å²) in [4.78, 5) is 9.77. The predicted octanol–water partition coefficient (Wildman–Crippen LogP) is 3.70. The molecule has 2 fully saturated rings. The van der Waals surface area contributed by atoms with Gasteiger partial charge in [0.2, 0.25) is 0 Å². The van der Waals surface area contributed by atoms with Crippen molar-refractivity contribution < 1.29 is 0 Å². The zero-order chi connectivity index (χ0) is 20.7. The third kappa shape index (κ3) is 6.57. The Labute approximate surface area is 201 Å². The van der Waals surface area contributed by atoms with Crippen LogP contribution in [0.5, 0.6) is 0 Å². The quantitative estimate of drug-likeness (QED) is 0.337. The summed E-state index contributed by atoms with van der Waals surface area (Å²) in [5.74, 6) is 0.921. The smallest absolute Gasteiger partial charge is 0.191 e. The summed E-state index contributed by atoms with van der Waals surface area (Å²) in [5, 5.41) is 7.28. The molecule has 1 aromatic rings. The minimum atomic E-state index is 0. The molecule has 0 bridgehead atoms. The van der Waals surface area contributed by atoms with Gasteiger partial charge in [-0.15, -0.1) is 24.0 Å². The summed E-state index contributed by atoms with van der Waals surface area (Å²) in [6.45, 7) is 11.3. The van der Waals surface area contributed by atoms with Crippen LogP contribution in [0, 0.1) is 0 Å². The number of rotatable bonds is 6. The first-order valence-electron chi connectivity index (χ1n) is 11.4. The standard InChI is InChI=1S/C24H41N5.HI/c1-23(2,21-11-7-5-8-12-21)19-26-22(25-3)27-20-24(13-17-28(4)18-14-24)29-15-9-6-10-16-29;/h5,7-8,11-12H,6,9-10,13-20H2,1-4H3,(H2,25,26,27);1H. The number of likely N-dealkylation sites (tertiary alicyclic amines) is 2. The van der Waals surface area contributed by atoms with E-state index in [0.717, 1.165) is 19.0 Å². The molecule has 0 saturated carbocycles. The maximum Gasteiger partial charge on any atom is 0.191 e. The molecule has 2 aliphatic heterocycles. The van der Waals surface area contributed by atoms with Gasteiger partial charge in [-0.25, -0.2) is 0 Å². The molecular weight excluding hydrogens is 485 g/mol. The van der Waals surface area contributed by atoms with Crippen molar-refractivity contribution in [1.82, 2.24) is 20.4 Å². The number of hydrogen-bond donors (Lipinski definition) is 2. The van der Waals surface area contributed by atoms with Crippen molar-refractivity contribution in [3.05, 3.63) is 35.9 Å². The predicted molar refractivity (Wildman–Crippen MR) is 139 cm³/mol. The molecular formula is C24H42IN5. The highest BCUT2D eigenvalue weighted by molar-refractivity contribution is 14.0. The molecule has 6 heteroatoms. The van der Waals surface area contributed by atoms with Crippen molar-refractivity contribution in [3.8, 4) is 0 Å². The van der Waals surface area contributed by atoms with Crippen molar-refractivity contribution in [2.45, 2.75) is 56.9 Å². The van der Waals surface area contributed by atoms with Crippen molar-refractivity contribution in [3.63, 3.8) is 0 Å². The minimum Gasteiger partial charge on any atom is -0.356 e. The van der Waals surface area contributed by atoms with Gasteiger partial charge in [0.15, 0.2) is 5.96 Å². The number of nitrogens with zero attached hydrogens (tertiary/aromatic N) is 3. The van der Waals surface area contributed by atoms with E-state index < -0.39 is 0 Å². The molecule has 0 atom stereocenters. The molecule has 0 spiro atoms. The lowest BCUT2D eigenvalue weighted by atomic mass is 9.84. The van der Waals surface area contributed by atoms with Crippen LogP contribution < -0.4 is 10.6 Å². The Balaban J connectivity index is 0.00000320. The number of halogens is 1. The summed E-state index contributed by atoms with van der Waals surface area (Å²) in [5.41, 5.74) is 1.67. The molecule has 2 heterocycles. The van der Waals surface area contributed by atoms with Crippen LogP contribution in [0.4, 0.5) is 0 Å². The van der Waals surface area contributed by atoms with Gasteiger partial charge in [0, 0.05) is 31.1 Å². The van der Waals surface area contributed by atoms with Crippen molar-refractivity contribution in [2.75, 3.05) is 53.4 Å². The molecule has 0 aromatic heterocycles. The van der Waals surface area contributed by atoms with Gasteiger partial charge in [-0.1, -0.05) is 50.6 Å². The minimum absolute atomic E-state index is 0. The fraction of sp³-hybridized carbons (Fsp3) is 0.708. The van der Waals surface area contributed by atoms with Crippen LogP contribution in [-0.4, -0.2) is 74.7 Å². The number of hydrogen-bond acceptors (Lipinski definition) is 3. The zero-order valence-electron chi connectivity index (χ0n) is 19.4.